The number of rotatable bonds is 0. The Hall–Kier alpha value is -1.97. The fraction of sp³-hybridized carbons (Fsp3) is 0.556. The van der Waals surface area contributed by atoms with E-state index in [2.05, 4.69) is 0 Å². The normalized spacial score (nSPS) is 29.4. The van der Waals surface area contributed by atoms with Crippen molar-refractivity contribution in [1.29, 1.82) is 0 Å². The number of benzene rings is 1. The highest BCUT2D eigenvalue weighted by Gasteiger charge is 2.39. The van der Waals surface area contributed by atoms with E-state index >= 15 is 0 Å². The molecule has 0 aromatic heterocycles. The monoisotopic (exact) mass is 395 g/mol. The van der Waals surface area contributed by atoms with Crippen LogP contribution in [0, 0.1) is 0 Å². The zero-order valence-electron chi connectivity index (χ0n) is 15.2. The van der Waals surface area contributed by atoms with Crippen molar-refractivity contribution in [3.05, 3.63) is 29.8 Å². The number of aliphatic hydroxyl groups excluding tert-OH is 1. The molecule has 2 aliphatic rings. The molecule has 2 heterocycles. The summed E-state index contributed by atoms with van der Waals surface area (Å²) in [5, 5.41) is 9.99. The Bertz CT molecular complexity index is 841. The van der Waals surface area contributed by atoms with Gasteiger partial charge in [0.1, 0.15) is 0 Å². The highest BCUT2D eigenvalue weighted by Crippen LogP contribution is 2.25. The minimum Gasteiger partial charge on any atom is -0.391 e. The van der Waals surface area contributed by atoms with Crippen LogP contribution in [0.25, 0.3) is 0 Å². The highest BCUT2D eigenvalue weighted by atomic mass is 32.2. The maximum Gasteiger partial charge on any atom is 0.253 e. The fourth-order valence-electron chi connectivity index (χ4n) is 3.70. The summed E-state index contributed by atoms with van der Waals surface area (Å²) in [6.07, 6.45) is 0.353. The summed E-state index contributed by atoms with van der Waals surface area (Å²) in [5.41, 5.74) is 6.31. The first-order valence-corrected chi connectivity index (χ1v) is 10.7. The zero-order chi connectivity index (χ0) is 19.8. The van der Waals surface area contributed by atoms with Crippen LogP contribution in [0.15, 0.2) is 29.2 Å². The lowest BCUT2D eigenvalue weighted by Crippen LogP contribution is -2.48. The number of amides is 2. The Morgan fingerprint density at radius 1 is 1.26 bits per heavy atom. The van der Waals surface area contributed by atoms with E-state index in [4.69, 9.17) is 5.73 Å². The number of carbonyl (C=O) groups is 2. The van der Waals surface area contributed by atoms with Crippen molar-refractivity contribution in [2.75, 3.05) is 25.9 Å². The molecule has 1 aromatic carbocycles. The smallest absolute Gasteiger partial charge is 0.253 e. The molecule has 2 amide bonds. The number of fused-ring (bicyclic) bond motifs is 3. The lowest BCUT2D eigenvalue weighted by Gasteiger charge is -2.28. The summed E-state index contributed by atoms with van der Waals surface area (Å²) in [7, 11) is -2.11. The molecule has 1 fully saturated rings. The summed E-state index contributed by atoms with van der Waals surface area (Å²) < 4.78 is 25.8. The van der Waals surface area contributed by atoms with Crippen LogP contribution in [0.3, 0.4) is 0 Å². The Balaban J connectivity index is 2.00. The molecule has 0 spiro atoms. The number of aliphatic hydroxyl groups is 1. The van der Waals surface area contributed by atoms with E-state index in [1.807, 2.05) is 0 Å². The van der Waals surface area contributed by atoms with Crippen LogP contribution in [0.2, 0.25) is 0 Å². The van der Waals surface area contributed by atoms with E-state index in [1.165, 1.54) is 21.9 Å². The maximum atomic E-state index is 12.9. The maximum absolute atomic E-state index is 12.9. The first-order chi connectivity index (χ1) is 12.7. The first-order valence-electron chi connectivity index (χ1n) is 9.01. The lowest BCUT2D eigenvalue weighted by molar-refractivity contribution is -0.133. The summed E-state index contributed by atoms with van der Waals surface area (Å²) in [6, 6.07) is 4.54. The molecule has 3 rings (SSSR count). The van der Waals surface area contributed by atoms with Crippen molar-refractivity contribution in [1.82, 2.24) is 9.80 Å². The van der Waals surface area contributed by atoms with Crippen LogP contribution >= 0.6 is 0 Å². The van der Waals surface area contributed by atoms with E-state index < -0.39 is 28.0 Å². The largest absolute Gasteiger partial charge is 0.391 e. The molecule has 1 aromatic rings. The predicted molar refractivity (Wildman–Crippen MR) is 98.8 cm³/mol. The Morgan fingerprint density at radius 2 is 2.00 bits per heavy atom. The quantitative estimate of drug-likeness (QED) is 0.617. The van der Waals surface area contributed by atoms with E-state index in [0.29, 0.717) is 24.9 Å². The van der Waals surface area contributed by atoms with Crippen LogP contribution in [0.5, 0.6) is 0 Å². The van der Waals surface area contributed by atoms with Gasteiger partial charge in [-0.05, 0) is 37.5 Å². The van der Waals surface area contributed by atoms with Gasteiger partial charge in [0.15, 0.2) is 9.84 Å². The van der Waals surface area contributed by atoms with Crippen LogP contribution < -0.4 is 5.73 Å². The minimum atomic E-state index is -3.75. The fourth-order valence-corrected chi connectivity index (χ4v) is 5.31. The number of hydrogen-bond donors (Lipinski definition) is 2. The van der Waals surface area contributed by atoms with Gasteiger partial charge in [0.05, 0.1) is 22.8 Å². The SMILES string of the molecule is CN1CCC[C@H](N)C(=O)N2C[C@@H](O)C[C@H]2CS(=O)(=O)c2cccc(c2)C1=O. The highest BCUT2D eigenvalue weighted by molar-refractivity contribution is 7.91. The van der Waals surface area contributed by atoms with Gasteiger partial charge < -0.3 is 20.6 Å². The first kappa shape index (κ1) is 19.8. The number of nitrogens with zero attached hydrogens (tertiary/aromatic N) is 2. The Labute approximate surface area is 158 Å². The van der Waals surface area contributed by atoms with E-state index in [0.717, 1.165) is 0 Å². The average molecular weight is 395 g/mol. The molecule has 9 heteroatoms. The van der Waals surface area contributed by atoms with Gasteiger partial charge in [-0.15, -0.1) is 0 Å². The molecule has 3 atom stereocenters. The van der Waals surface area contributed by atoms with Crippen LogP contribution in [-0.2, 0) is 14.6 Å². The van der Waals surface area contributed by atoms with Gasteiger partial charge in [-0.1, -0.05) is 6.07 Å². The summed E-state index contributed by atoms with van der Waals surface area (Å²) >= 11 is 0. The third kappa shape index (κ3) is 4.15. The molecule has 8 nitrogen and oxygen atoms in total. The molecule has 0 saturated carbocycles. The van der Waals surface area contributed by atoms with Crippen LogP contribution in [0.4, 0.5) is 0 Å². The minimum absolute atomic E-state index is 0.0388. The second kappa shape index (κ2) is 7.57. The molecule has 3 N–H and O–H groups in total. The summed E-state index contributed by atoms with van der Waals surface area (Å²) in [6.45, 7) is 0.494. The van der Waals surface area contributed by atoms with Gasteiger partial charge in [-0.3, -0.25) is 9.59 Å². The third-order valence-electron chi connectivity index (χ3n) is 5.20. The molecule has 27 heavy (non-hydrogen) atoms. The molecule has 0 radical (unpaired) electrons. The van der Waals surface area contributed by atoms with Gasteiger partial charge in [-0.2, -0.15) is 0 Å². The third-order valence-corrected chi connectivity index (χ3v) is 7.00. The standard InChI is InChI=1S/C18H25N3O5S/c1-20-7-3-6-16(19)18(24)21-10-14(22)9-13(21)11-27(25,26)15-5-2-4-12(8-15)17(20)23/h2,4-5,8,13-14,16,22H,3,6-7,9-11,19H2,1H3/t13-,14-,16-/m0/s1. The van der Waals surface area contributed by atoms with E-state index in [-0.39, 0.29) is 35.4 Å². The van der Waals surface area contributed by atoms with Crippen LogP contribution in [-0.4, -0.2) is 79.2 Å². The number of carbonyl (C=O) groups excluding carboxylic acids is 2. The van der Waals surface area contributed by atoms with Crippen molar-refractivity contribution in [3.63, 3.8) is 0 Å². The molecule has 2 aliphatic heterocycles. The van der Waals surface area contributed by atoms with Gasteiger partial charge in [-0.25, -0.2) is 8.42 Å². The topological polar surface area (TPSA) is 121 Å². The number of sulfone groups is 1. The van der Waals surface area contributed by atoms with Crippen LogP contribution in [0.1, 0.15) is 29.6 Å². The molecule has 0 unspecified atom stereocenters. The van der Waals surface area contributed by atoms with Crippen molar-refractivity contribution in [3.8, 4) is 0 Å². The van der Waals surface area contributed by atoms with Gasteiger partial charge >= 0.3 is 0 Å². The van der Waals surface area contributed by atoms with Gasteiger partial charge in [0, 0.05) is 31.7 Å². The second-order valence-electron chi connectivity index (χ2n) is 7.32. The van der Waals surface area contributed by atoms with E-state index in [9.17, 15) is 23.1 Å². The second-order valence-corrected chi connectivity index (χ2v) is 9.35. The van der Waals surface area contributed by atoms with E-state index in [1.54, 1.807) is 19.2 Å². The lowest BCUT2D eigenvalue weighted by atomic mass is 10.1. The van der Waals surface area contributed by atoms with Crippen molar-refractivity contribution in [2.45, 2.75) is 42.3 Å². The van der Waals surface area contributed by atoms with Gasteiger partial charge in [0.2, 0.25) is 5.91 Å². The summed E-state index contributed by atoms with van der Waals surface area (Å²) in [5.74, 6) is -0.941. The average Bonchev–Trinajstić information content (AvgIpc) is 2.99. The molecule has 0 aliphatic carbocycles. The van der Waals surface area contributed by atoms with Gasteiger partial charge in [0.25, 0.3) is 5.91 Å². The Morgan fingerprint density at radius 3 is 2.74 bits per heavy atom. The Kier molecular flexibility index (Phi) is 5.55. The molecule has 148 valence electrons. The van der Waals surface area contributed by atoms with Crippen molar-refractivity contribution >= 4 is 21.7 Å². The number of hydrogen-bond acceptors (Lipinski definition) is 6. The van der Waals surface area contributed by atoms with Crippen molar-refractivity contribution < 1.29 is 23.1 Å². The summed E-state index contributed by atoms with van der Waals surface area (Å²) in [4.78, 5) is 28.2. The molecule has 1 saturated heterocycles. The zero-order valence-corrected chi connectivity index (χ0v) is 16.1. The number of nitrogens with two attached hydrogens (primary N) is 1. The predicted octanol–water partition coefficient (Wildman–Crippen LogP) is -0.385. The molecular weight excluding hydrogens is 370 g/mol. The molecule has 2 bridgehead atoms. The molecular formula is C18H25N3O5S. The van der Waals surface area contributed by atoms with Crippen molar-refractivity contribution in [2.24, 2.45) is 5.73 Å².